The molecule has 33 heavy (non-hydrogen) atoms. The van der Waals surface area contributed by atoms with Crippen LogP contribution in [0.15, 0.2) is 48.5 Å². The molecule has 0 spiro atoms. The molecule has 0 aliphatic rings. The van der Waals surface area contributed by atoms with Crippen LogP contribution in [-0.4, -0.2) is 48.2 Å². The van der Waals surface area contributed by atoms with Gasteiger partial charge in [0.05, 0.1) is 6.61 Å². The Morgan fingerprint density at radius 1 is 0.939 bits per heavy atom. The highest BCUT2D eigenvalue weighted by Crippen LogP contribution is 2.26. The highest BCUT2D eigenvalue weighted by Gasteiger charge is 2.21. The van der Waals surface area contributed by atoms with Gasteiger partial charge in [0, 0.05) is 25.8 Å². The van der Waals surface area contributed by atoms with E-state index in [2.05, 4.69) is 29.8 Å². The summed E-state index contributed by atoms with van der Waals surface area (Å²) in [5, 5.41) is 8.81. The Bertz CT molecular complexity index is 1100. The van der Waals surface area contributed by atoms with Crippen molar-refractivity contribution >= 4 is 20.0 Å². The zero-order valence-corrected chi connectivity index (χ0v) is 20.5. The zero-order valence-electron chi connectivity index (χ0n) is 19.5. The summed E-state index contributed by atoms with van der Waals surface area (Å²) in [5.74, 6) is -0.983. The van der Waals surface area contributed by atoms with Gasteiger partial charge in [-0.15, -0.1) is 5.10 Å². The van der Waals surface area contributed by atoms with Crippen LogP contribution in [0.25, 0.3) is 22.4 Å². The molecule has 0 aliphatic carbocycles. The minimum atomic E-state index is -1.20. The Balaban J connectivity index is 1.81. The highest BCUT2D eigenvalue weighted by molar-refractivity contribution is 6.76. The van der Waals surface area contributed by atoms with E-state index in [0.29, 0.717) is 17.9 Å². The van der Waals surface area contributed by atoms with Crippen LogP contribution in [0, 0.1) is 0 Å². The van der Waals surface area contributed by atoms with Gasteiger partial charge in [-0.2, -0.15) is 9.90 Å². The van der Waals surface area contributed by atoms with Crippen molar-refractivity contribution in [2.45, 2.75) is 39.3 Å². The molecule has 3 rings (SSSR count). The van der Waals surface area contributed by atoms with Gasteiger partial charge in [0.1, 0.15) is 5.69 Å². The lowest BCUT2D eigenvalue weighted by Gasteiger charge is -2.14. The van der Waals surface area contributed by atoms with Crippen LogP contribution in [-0.2, 0) is 16.2 Å². The Morgan fingerprint density at radius 3 is 2.06 bits per heavy atom. The highest BCUT2D eigenvalue weighted by atomic mass is 28.3. The second kappa shape index (κ2) is 10.5. The van der Waals surface area contributed by atoms with E-state index in [1.807, 2.05) is 36.4 Å². The Labute approximate surface area is 194 Å². The standard InChI is InChI=1S/C24H30N4O4Si/c1-5-32-24(30)22-21(26-28(27-22)16-31-14-15-33(2,3)4)19-10-6-17(7-11-19)18-8-12-20(13-9-18)23(25)29/h6-13H,5,14-16H2,1-4H3,(H2,25,29). The number of benzene rings is 2. The predicted molar refractivity (Wildman–Crippen MR) is 129 cm³/mol. The Hall–Kier alpha value is -3.30. The Kier molecular flexibility index (Phi) is 7.78. The van der Waals surface area contributed by atoms with Gasteiger partial charge in [-0.3, -0.25) is 4.79 Å². The summed E-state index contributed by atoms with van der Waals surface area (Å²) in [6, 6.07) is 15.7. The normalized spacial score (nSPS) is 11.4. The molecule has 1 heterocycles. The average Bonchev–Trinajstić information content (AvgIpc) is 3.21. The minimum Gasteiger partial charge on any atom is -0.461 e. The smallest absolute Gasteiger partial charge is 0.361 e. The molecule has 1 amide bonds. The van der Waals surface area contributed by atoms with Crippen LogP contribution in [0.4, 0.5) is 0 Å². The van der Waals surface area contributed by atoms with Crippen molar-refractivity contribution in [3.05, 3.63) is 59.8 Å². The van der Waals surface area contributed by atoms with E-state index in [0.717, 1.165) is 22.7 Å². The molecule has 0 saturated heterocycles. The fraction of sp³-hybridized carbons (Fsp3) is 0.333. The summed E-state index contributed by atoms with van der Waals surface area (Å²) in [7, 11) is -1.20. The molecule has 0 radical (unpaired) electrons. The monoisotopic (exact) mass is 466 g/mol. The van der Waals surface area contributed by atoms with Crippen LogP contribution in [0.1, 0.15) is 27.8 Å². The van der Waals surface area contributed by atoms with Crippen molar-refractivity contribution in [1.29, 1.82) is 0 Å². The van der Waals surface area contributed by atoms with Crippen LogP contribution >= 0.6 is 0 Å². The molecular formula is C24H30N4O4Si. The van der Waals surface area contributed by atoms with Gasteiger partial charge in [-0.25, -0.2) is 4.79 Å². The van der Waals surface area contributed by atoms with Crippen molar-refractivity contribution in [3.8, 4) is 22.4 Å². The number of nitrogens with zero attached hydrogens (tertiary/aromatic N) is 3. The SMILES string of the molecule is CCOC(=O)c1nn(COCC[Si](C)(C)C)nc1-c1ccc(-c2ccc(C(N)=O)cc2)cc1. The van der Waals surface area contributed by atoms with E-state index in [-0.39, 0.29) is 19.0 Å². The molecule has 3 aromatic rings. The van der Waals surface area contributed by atoms with Gasteiger partial charge < -0.3 is 15.2 Å². The summed E-state index contributed by atoms with van der Waals surface area (Å²) in [4.78, 5) is 25.1. The zero-order chi connectivity index (χ0) is 24.0. The van der Waals surface area contributed by atoms with Crippen molar-refractivity contribution < 1.29 is 19.1 Å². The lowest BCUT2D eigenvalue weighted by molar-refractivity contribution is 0.0507. The van der Waals surface area contributed by atoms with E-state index in [1.165, 1.54) is 4.80 Å². The van der Waals surface area contributed by atoms with E-state index in [1.54, 1.807) is 19.1 Å². The maximum absolute atomic E-state index is 12.5. The molecule has 9 heteroatoms. The van der Waals surface area contributed by atoms with E-state index in [9.17, 15) is 9.59 Å². The molecular weight excluding hydrogens is 436 g/mol. The number of carbonyl (C=O) groups is 2. The number of nitrogens with two attached hydrogens (primary N) is 1. The van der Waals surface area contributed by atoms with E-state index < -0.39 is 20.0 Å². The lowest BCUT2D eigenvalue weighted by atomic mass is 10.0. The molecule has 0 fully saturated rings. The largest absolute Gasteiger partial charge is 0.461 e. The molecule has 174 valence electrons. The number of aromatic nitrogens is 3. The number of amides is 1. The maximum Gasteiger partial charge on any atom is 0.361 e. The fourth-order valence-electron chi connectivity index (χ4n) is 3.11. The maximum atomic E-state index is 12.5. The molecule has 0 bridgehead atoms. The first-order chi connectivity index (χ1) is 15.7. The number of carbonyl (C=O) groups excluding carboxylic acids is 2. The van der Waals surface area contributed by atoms with E-state index in [4.69, 9.17) is 15.2 Å². The third-order valence-electron chi connectivity index (χ3n) is 4.99. The molecule has 1 aromatic heterocycles. The van der Waals surface area contributed by atoms with Crippen molar-refractivity contribution in [1.82, 2.24) is 15.0 Å². The number of ether oxygens (including phenoxy) is 2. The number of esters is 1. The Morgan fingerprint density at radius 2 is 1.52 bits per heavy atom. The summed E-state index contributed by atoms with van der Waals surface area (Å²) >= 11 is 0. The number of hydrogen-bond acceptors (Lipinski definition) is 6. The summed E-state index contributed by atoms with van der Waals surface area (Å²) in [5.41, 5.74) is 9.00. The molecule has 2 N–H and O–H groups in total. The first kappa shape index (κ1) is 24.3. The van der Waals surface area contributed by atoms with Gasteiger partial charge in [0.15, 0.2) is 12.4 Å². The van der Waals surface area contributed by atoms with Crippen molar-refractivity contribution in [2.24, 2.45) is 5.73 Å². The predicted octanol–water partition coefficient (Wildman–Crippen LogP) is 4.20. The number of primary amides is 1. The topological polar surface area (TPSA) is 109 Å². The third kappa shape index (κ3) is 6.59. The lowest BCUT2D eigenvalue weighted by Crippen LogP contribution is -2.22. The number of hydrogen-bond donors (Lipinski definition) is 1. The van der Waals surface area contributed by atoms with Crippen LogP contribution in [0.5, 0.6) is 0 Å². The molecule has 2 aromatic carbocycles. The van der Waals surface area contributed by atoms with Crippen LogP contribution in [0.2, 0.25) is 25.7 Å². The van der Waals surface area contributed by atoms with Gasteiger partial charge in [-0.1, -0.05) is 56.0 Å². The molecule has 0 unspecified atom stereocenters. The molecule has 0 atom stereocenters. The third-order valence-corrected chi connectivity index (χ3v) is 6.69. The minimum absolute atomic E-state index is 0.157. The van der Waals surface area contributed by atoms with Gasteiger partial charge in [0.25, 0.3) is 0 Å². The summed E-state index contributed by atoms with van der Waals surface area (Å²) < 4.78 is 10.9. The van der Waals surface area contributed by atoms with Crippen molar-refractivity contribution in [3.63, 3.8) is 0 Å². The van der Waals surface area contributed by atoms with E-state index >= 15 is 0 Å². The van der Waals surface area contributed by atoms with Crippen LogP contribution < -0.4 is 5.73 Å². The molecule has 8 nitrogen and oxygen atoms in total. The van der Waals surface area contributed by atoms with Gasteiger partial charge >= 0.3 is 5.97 Å². The molecule has 0 aliphatic heterocycles. The van der Waals surface area contributed by atoms with Crippen LogP contribution in [0.3, 0.4) is 0 Å². The quantitative estimate of drug-likeness (QED) is 0.272. The van der Waals surface area contributed by atoms with Gasteiger partial charge in [-0.05, 0) is 36.2 Å². The second-order valence-corrected chi connectivity index (χ2v) is 14.5. The van der Waals surface area contributed by atoms with Crippen molar-refractivity contribution in [2.75, 3.05) is 13.2 Å². The first-order valence-corrected chi connectivity index (χ1v) is 14.6. The fourth-order valence-corrected chi connectivity index (χ4v) is 3.87. The first-order valence-electron chi connectivity index (χ1n) is 10.9. The average molecular weight is 467 g/mol. The summed E-state index contributed by atoms with van der Waals surface area (Å²) in [6.07, 6.45) is 0. The second-order valence-electron chi connectivity index (χ2n) is 8.86. The molecule has 0 saturated carbocycles. The van der Waals surface area contributed by atoms with Gasteiger partial charge in [0.2, 0.25) is 5.91 Å². The number of rotatable bonds is 10. The summed E-state index contributed by atoms with van der Waals surface area (Å²) in [6.45, 7) is 9.66.